The lowest BCUT2D eigenvalue weighted by atomic mass is 10.0. The maximum atomic E-state index is 12.2. The summed E-state index contributed by atoms with van der Waals surface area (Å²) in [5.74, 6) is -1.23. The van der Waals surface area contributed by atoms with Crippen molar-refractivity contribution in [3.63, 3.8) is 0 Å². The van der Waals surface area contributed by atoms with Gasteiger partial charge >= 0.3 is 5.97 Å². The molecule has 0 unspecified atom stereocenters. The van der Waals surface area contributed by atoms with E-state index in [1.165, 1.54) is 11.8 Å². The van der Waals surface area contributed by atoms with Gasteiger partial charge in [0.15, 0.2) is 0 Å². The van der Waals surface area contributed by atoms with Crippen LogP contribution in [0.25, 0.3) is 0 Å². The largest absolute Gasteiger partial charge is 0.480 e. The van der Waals surface area contributed by atoms with E-state index in [4.69, 9.17) is 5.73 Å². The molecule has 0 aromatic heterocycles. The molecule has 0 saturated carbocycles. The minimum Gasteiger partial charge on any atom is -0.480 e. The lowest BCUT2D eigenvalue weighted by Gasteiger charge is -2.21. The van der Waals surface area contributed by atoms with Crippen LogP contribution in [0.4, 0.5) is 0 Å². The quantitative estimate of drug-likeness (QED) is 0.630. The molecule has 5 N–H and O–H groups in total. The molecule has 1 saturated heterocycles. The van der Waals surface area contributed by atoms with Crippen molar-refractivity contribution in [2.45, 2.75) is 42.6 Å². The molecule has 22 heavy (non-hydrogen) atoms. The van der Waals surface area contributed by atoms with Gasteiger partial charge in [-0.1, -0.05) is 30.3 Å². The first-order valence-corrected chi connectivity index (χ1v) is 7.93. The molecule has 1 fully saturated rings. The van der Waals surface area contributed by atoms with Gasteiger partial charge in [0.2, 0.25) is 5.91 Å². The molecule has 1 aliphatic heterocycles. The Hall–Kier alpha value is -1.57. The molecular formula is C15H21N3O3S. The zero-order chi connectivity index (χ0) is 16.3. The molecule has 0 radical (unpaired) electrons. The number of aliphatic carboxylic acids is 1. The highest BCUT2D eigenvalue weighted by atomic mass is 32.2. The predicted molar refractivity (Wildman–Crippen MR) is 86.3 cm³/mol. The summed E-state index contributed by atoms with van der Waals surface area (Å²) >= 11 is 1.38. The number of nitrogens with two attached hydrogens (primary N) is 1. The van der Waals surface area contributed by atoms with E-state index in [1.807, 2.05) is 44.2 Å². The van der Waals surface area contributed by atoms with Gasteiger partial charge < -0.3 is 16.2 Å². The Kier molecular flexibility index (Phi) is 5.10. The second-order valence-corrected chi connectivity index (χ2v) is 7.60. The van der Waals surface area contributed by atoms with Crippen LogP contribution in [0.5, 0.6) is 0 Å². The molecule has 120 valence electrons. The van der Waals surface area contributed by atoms with E-state index in [0.717, 1.165) is 5.56 Å². The van der Waals surface area contributed by atoms with Crippen molar-refractivity contribution >= 4 is 23.6 Å². The highest BCUT2D eigenvalue weighted by molar-refractivity contribution is 8.01. The van der Waals surface area contributed by atoms with Crippen molar-refractivity contribution in [1.82, 2.24) is 10.6 Å². The summed E-state index contributed by atoms with van der Waals surface area (Å²) in [5, 5.41) is 14.5. The summed E-state index contributed by atoms with van der Waals surface area (Å²) in [7, 11) is 0. The predicted octanol–water partition coefficient (Wildman–Crippen LogP) is 0.524. The number of carboxylic acids is 1. The van der Waals surface area contributed by atoms with Crippen LogP contribution in [0.3, 0.4) is 0 Å². The van der Waals surface area contributed by atoms with Crippen molar-refractivity contribution < 1.29 is 14.7 Å². The molecule has 1 amide bonds. The van der Waals surface area contributed by atoms with Crippen LogP contribution in [0, 0.1) is 0 Å². The summed E-state index contributed by atoms with van der Waals surface area (Å²) < 4.78 is -0.520. The number of hydrogen-bond acceptors (Lipinski definition) is 5. The van der Waals surface area contributed by atoms with Gasteiger partial charge in [0.1, 0.15) is 12.1 Å². The van der Waals surface area contributed by atoms with Gasteiger partial charge in [-0.05, 0) is 19.4 Å². The minimum absolute atomic E-state index is 0.296. The second-order valence-electron chi connectivity index (χ2n) is 5.81. The van der Waals surface area contributed by atoms with E-state index in [2.05, 4.69) is 10.6 Å². The standard InChI is InChI=1S/C15H21N3O3S/c1-15(2)11(14(20)21)18-13(22-15)10(16)12(19)17-8-9-6-4-3-5-7-9/h3-7,10-11,13,18H,8,16H2,1-2H3,(H,17,19)(H,20,21)/t10-,11+,13-/m1/s1. The van der Waals surface area contributed by atoms with Crippen LogP contribution in [-0.2, 0) is 16.1 Å². The van der Waals surface area contributed by atoms with Crippen molar-refractivity contribution in [3.8, 4) is 0 Å². The van der Waals surface area contributed by atoms with Crippen molar-refractivity contribution in [2.24, 2.45) is 5.73 Å². The lowest BCUT2D eigenvalue weighted by Crippen LogP contribution is -2.53. The summed E-state index contributed by atoms with van der Waals surface area (Å²) in [6, 6.07) is 8.00. The summed E-state index contributed by atoms with van der Waals surface area (Å²) in [4.78, 5) is 23.4. The van der Waals surface area contributed by atoms with E-state index in [0.29, 0.717) is 6.54 Å². The molecule has 1 aromatic rings. The average molecular weight is 323 g/mol. The molecule has 1 aliphatic rings. The Morgan fingerprint density at radius 3 is 2.59 bits per heavy atom. The fourth-order valence-electron chi connectivity index (χ4n) is 2.38. The van der Waals surface area contributed by atoms with Crippen LogP contribution in [0.15, 0.2) is 30.3 Å². The van der Waals surface area contributed by atoms with E-state index < -0.39 is 28.2 Å². The topological polar surface area (TPSA) is 104 Å². The Bertz CT molecular complexity index is 550. The lowest BCUT2D eigenvalue weighted by molar-refractivity contribution is -0.140. The summed E-state index contributed by atoms with van der Waals surface area (Å²) in [6.45, 7) is 4.06. The molecule has 0 spiro atoms. The fourth-order valence-corrected chi connectivity index (χ4v) is 3.81. The number of carbonyl (C=O) groups is 2. The normalized spacial score (nSPS) is 24.7. The Labute approximate surface area is 133 Å². The van der Waals surface area contributed by atoms with E-state index in [1.54, 1.807) is 0 Å². The zero-order valence-electron chi connectivity index (χ0n) is 12.6. The highest BCUT2D eigenvalue weighted by Crippen LogP contribution is 2.38. The zero-order valence-corrected chi connectivity index (χ0v) is 13.4. The van der Waals surface area contributed by atoms with Gasteiger partial charge in [0.25, 0.3) is 0 Å². The summed E-state index contributed by atoms with van der Waals surface area (Å²) in [5.41, 5.74) is 6.97. The van der Waals surface area contributed by atoms with Crippen molar-refractivity contribution in [2.75, 3.05) is 0 Å². The molecule has 3 atom stereocenters. The first kappa shape index (κ1) is 16.8. The third-order valence-corrected chi connectivity index (χ3v) is 5.17. The van der Waals surface area contributed by atoms with Gasteiger partial charge in [-0.15, -0.1) is 11.8 Å². The third-order valence-electron chi connectivity index (χ3n) is 3.64. The number of thioether (sulfide) groups is 1. The van der Waals surface area contributed by atoms with E-state index in [-0.39, 0.29) is 5.91 Å². The Balaban J connectivity index is 1.93. The fraction of sp³-hybridized carbons (Fsp3) is 0.467. The molecule has 7 heteroatoms. The smallest absolute Gasteiger partial charge is 0.322 e. The average Bonchev–Trinajstić information content (AvgIpc) is 2.80. The third kappa shape index (κ3) is 3.79. The van der Waals surface area contributed by atoms with E-state index in [9.17, 15) is 14.7 Å². The SMILES string of the molecule is CC1(C)S[C@H]([C@H](N)C(=O)NCc2ccccc2)N[C@H]1C(=O)O. The molecule has 6 nitrogen and oxygen atoms in total. The first-order chi connectivity index (χ1) is 10.3. The van der Waals surface area contributed by atoms with E-state index >= 15 is 0 Å². The molecular weight excluding hydrogens is 302 g/mol. The van der Waals surface area contributed by atoms with Gasteiger partial charge in [-0.3, -0.25) is 14.9 Å². The van der Waals surface area contributed by atoms with Crippen LogP contribution >= 0.6 is 11.8 Å². The Morgan fingerprint density at radius 1 is 1.41 bits per heavy atom. The molecule has 0 aliphatic carbocycles. The molecule has 0 bridgehead atoms. The van der Waals surface area contributed by atoms with Crippen LogP contribution in [-0.4, -0.2) is 39.2 Å². The molecule has 1 aromatic carbocycles. The first-order valence-electron chi connectivity index (χ1n) is 7.05. The Morgan fingerprint density at radius 2 is 2.05 bits per heavy atom. The van der Waals surface area contributed by atoms with Gasteiger partial charge in [0, 0.05) is 11.3 Å². The number of rotatable bonds is 5. The maximum absolute atomic E-state index is 12.2. The monoisotopic (exact) mass is 323 g/mol. The van der Waals surface area contributed by atoms with Gasteiger partial charge in [0.05, 0.1) is 5.37 Å². The van der Waals surface area contributed by atoms with Gasteiger partial charge in [-0.25, -0.2) is 0 Å². The molecule has 2 rings (SSSR count). The summed E-state index contributed by atoms with van der Waals surface area (Å²) in [6.07, 6.45) is 0. The van der Waals surface area contributed by atoms with Crippen LogP contribution < -0.4 is 16.4 Å². The molecule has 1 heterocycles. The van der Waals surface area contributed by atoms with Crippen molar-refractivity contribution in [3.05, 3.63) is 35.9 Å². The van der Waals surface area contributed by atoms with Crippen LogP contribution in [0.1, 0.15) is 19.4 Å². The number of carboxylic acid groups (broad SMARTS) is 1. The minimum atomic E-state index is -0.933. The number of hydrogen-bond donors (Lipinski definition) is 4. The number of nitrogens with one attached hydrogen (secondary N) is 2. The number of benzene rings is 1. The highest BCUT2D eigenvalue weighted by Gasteiger charge is 2.48. The maximum Gasteiger partial charge on any atom is 0.322 e. The number of carbonyl (C=O) groups excluding carboxylic acids is 1. The van der Waals surface area contributed by atoms with Crippen LogP contribution in [0.2, 0.25) is 0 Å². The van der Waals surface area contributed by atoms with Crippen molar-refractivity contribution in [1.29, 1.82) is 0 Å². The van der Waals surface area contributed by atoms with Gasteiger partial charge in [-0.2, -0.15) is 0 Å². The number of amides is 1. The second kappa shape index (κ2) is 6.68.